The molecule has 1 nitrogen and oxygen atoms in total. The topological polar surface area (TPSA) is 20.2 Å². The van der Waals surface area contributed by atoms with Crippen LogP contribution in [0.2, 0.25) is 0 Å². The second-order valence-electron chi connectivity index (χ2n) is 5.78. The van der Waals surface area contributed by atoms with Crippen LogP contribution < -0.4 is 0 Å². The Hall–Kier alpha value is -0.820. The van der Waals surface area contributed by atoms with Gasteiger partial charge in [-0.1, -0.05) is 50.6 Å². The zero-order valence-corrected chi connectivity index (χ0v) is 11.0. The number of benzene rings is 1. The van der Waals surface area contributed by atoms with Gasteiger partial charge in [-0.15, -0.1) is 0 Å². The molecule has 1 aliphatic carbocycles. The molecule has 0 saturated heterocycles. The van der Waals surface area contributed by atoms with Crippen LogP contribution in [0, 0.1) is 17.8 Å². The predicted molar refractivity (Wildman–Crippen MR) is 71.8 cm³/mol. The molecule has 1 aromatic carbocycles. The van der Waals surface area contributed by atoms with Crippen molar-refractivity contribution in [3.8, 4) is 0 Å². The molecule has 0 aromatic heterocycles. The maximum absolute atomic E-state index is 10.3. The molecule has 1 heteroatoms. The van der Waals surface area contributed by atoms with Crippen LogP contribution in [-0.4, -0.2) is 11.2 Å². The van der Waals surface area contributed by atoms with E-state index in [1.165, 1.54) is 24.8 Å². The van der Waals surface area contributed by atoms with Gasteiger partial charge in [0.05, 0.1) is 6.10 Å². The summed E-state index contributed by atoms with van der Waals surface area (Å²) in [5.74, 6) is 2.09. The lowest BCUT2D eigenvalue weighted by Gasteiger charge is -2.34. The summed E-state index contributed by atoms with van der Waals surface area (Å²) in [6, 6.07) is 10.3. The summed E-state index contributed by atoms with van der Waals surface area (Å²) >= 11 is 0. The molecule has 1 aromatic rings. The van der Waals surface area contributed by atoms with E-state index in [1.54, 1.807) is 0 Å². The van der Waals surface area contributed by atoms with Gasteiger partial charge < -0.3 is 5.11 Å². The highest BCUT2D eigenvalue weighted by atomic mass is 16.3. The molecule has 17 heavy (non-hydrogen) atoms. The Morgan fingerprint density at radius 1 is 1.12 bits per heavy atom. The molecule has 0 spiro atoms. The molecule has 1 fully saturated rings. The van der Waals surface area contributed by atoms with E-state index in [4.69, 9.17) is 0 Å². The van der Waals surface area contributed by atoms with E-state index >= 15 is 0 Å². The maximum Gasteiger partial charge on any atom is 0.0608 e. The summed E-state index contributed by atoms with van der Waals surface area (Å²) in [6.45, 7) is 4.66. The van der Waals surface area contributed by atoms with Gasteiger partial charge in [-0.2, -0.15) is 0 Å². The maximum atomic E-state index is 10.3. The molecule has 94 valence electrons. The van der Waals surface area contributed by atoms with Gasteiger partial charge in [-0.05, 0) is 42.6 Å². The van der Waals surface area contributed by atoms with Crippen molar-refractivity contribution in [2.45, 2.75) is 45.6 Å². The van der Waals surface area contributed by atoms with Gasteiger partial charge in [0.2, 0.25) is 0 Å². The SMILES string of the molecule is CC1CCC(C(O)Cc2ccccc2)CC1C. The average molecular weight is 232 g/mol. The van der Waals surface area contributed by atoms with Crippen molar-refractivity contribution in [3.63, 3.8) is 0 Å². The molecular weight excluding hydrogens is 208 g/mol. The molecule has 0 bridgehead atoms. The molecular formula is C16H24O. The van der Waals surface area contributed by atoms with Crippen molar-refractivity contribution < 1.29 is 5.11 Å². The molecule has 0 aliphatic heterocycles. The number of hydrogen-bond acceptors (Lipinski definition) is 1. The Labute approximate surface area is 105 Å². The lowest BCUT2D eigenvalue weighted by atomic mass is 9.73. The summed E-state index contributed by atoms with van der Waals surface area (Å²) in [5, 5.41) is 10.3. The van der Waals surface area contributed by atoms with E-state index in [-0.39, 0.29) is 6.10 Å². The van der Waals surface area contributed by atoms with Crippen molar-refractivity contribution in [1.29, 1.82) is 0 Å². The third-order valence-corrected chi connectivity index (χ3v) is 4.47. The van der Waals surface area contributed by atoms with Crippen LogP contribution in [0.3, 0.4) is 0 Å². The average Bonchev–Trinajstić information content (AvgIpc) is 2.34. The first-order valence-electron chi connectivity index (χ1n) is 6.89. The fourth-order valence-electron chi connectivity index (χ4n) is 2.96. The van der Waals surface area contributed by atoms with E-state index in [1.807, 2.05) is 18.2 Å². The third kappa shape index (κ3) is 3.32. The van der Waals surface area contributed by atoms with Crippen LogP contribution in [0.5, 0.6) is 0 Å². The highest BCUT2D eigenvalue weighted by Gasteiger charge is 2.29. The highest BCUT2D eigenvalue weighted by Crippen LogP contribution is 2.35. The smallest absolute Gasteiger partial charge is 0.0608 e. The van der Waals surface area contributed by atoms with Crippen molar-refractivity contribution in [3.05, 3.63) is 35.9 Å². The van der Waals surface area contributed by atoms with Crippen LogP contribution >= 0.6 is 0 Å². The zero-order valence-electron chi connectivity index (χ0n) is 11.0. The first-order chi connectivity index (χ1) is 8.16. The zero-order chi connectivity index (χ0) is 12.3. The fraction of sp³-hybridized carbons (Fsp3) is 0.625. The molecule has 4 atom stereocenters. The van der Waals surface area contributed by atoms with Crippen molar-refractivity contribution >= 4 is 0 Å². The number of rotatable bonds is 3. The third-order valence-electron chi connectivity index (χ3n) is 4.47. The minimum Gasteiger partial charge on any atom is -0.392 e. The molecule has 2 rings (SSSR count). The van der Waals surface area contributed by atoms with Gasteiger partial charge >= 0.3 is 0 Å². The van der Waals surface area contributed by atoms with Crippen molar-refractivity contribution in [2.24, 2.45) is 17.8 Å². The van der Waals surface area contributed by atoms with Gasteiger partial charge in [-0.25, -0.2) is 0 Å². The van der Waals surface area contributed by atoms with Gasteiger partial charge in [-0.3, -0.25) is 0 Å². The first-order valence-corrected chi connectivity index (χ1v) is 6.89. The Balaban J connectivity index is 1.90. The summed E-state index contributed by atoms with van der Waals surface area (Å²) < 4.78 is 0. The van der Waals surface area contributed by atoms with Crippen LogP contribution in [-0.2, 0) is 6.42 Å². The van der Waals surface area contributed by atoms with E-state index in [0.717, 1.165) is 18.3 Å². The van der Waals surface area contributed by atoms with Gasteiger partial charge in [0.25, 0.3) is 0 Å². The second-order valence-corrected chi connectivity index (χ2v) is 5.78. The van der Waals surface area contributed by atoms with Crippen molar-refractivity contribution in [1.82, 2.24) is 0 Å². The summed E-state index contributed by atoms with van der Waals surface area (Å²) in [7, 11) is 0. The Bertz CT molecular complexity index is 333. The number of hydrogen-bond donors (Lipinski definition) is 1. The Morgan fingerprint density at radius 3 is 2.47 bits per heavy atom. The minimum absolute atomic E-state index is 0.160. The van der Waals surface area contributed by atoms with Crippen LogP contribution in [0.15, 0.2) is 30.3 Å². The quantitative estimate of drug-likeness (QED) is 0.843. The second kappa shape index (κ2) is 5.68. The fourth-order valence-corrected chi connectivity index (χ4v) is 2.96. The lowest BCUT2D eigenvalue weighted by Crippen LogP contribution is -2.30. The number of aliphatic hydroxyl groups is 1. The molecule has 0 amide bonds. The van der Waals surface area contributed by atoms with E-state index in [0.29, 0.717) is 5.92 Å². The molecule has 1 saturated carbocycles. The minimum atomic E-state index is -0.160. The van der Waals surface area contributed by atoms with E-state index < -0.39 is 0 Å². The molecule has 4 unspecified atom stereocenters. The predicted octanol–water partition coefficient (Wildman–Crippen LogP) is 3.66. The van der Waals surface area contributed by atoms with E-state index in [9.17, 15) is 5.11 Å². The van der Waals surface area contributed by atoms with E-state index in [2.05, 4.69) is 26.0 Å². The van der Waals surface area contributed by atoms with Crippen LogP contribution in [0.1, 0.15) is 38.7 Å². The summed E-state index contributed by atoms with van der Waals surface area (Å²) in [4.78, 5) is 0. The summed E-state index contributed by atoms with van der Waals surface area (Å²) in [5.41, 5.74) is 1.26. The highest BCUT2D eigenvalue weighted by molar-refractivity contribution is 5.15. The standard InChI is InChI=1S/C16H24O/c1-12-8-9-15(10-13(12)2)16(17)11-14-6-4-3-5-7-14/h3-7,12-13,15-17H,8-11H2,1-2H3. The first kappa shape index (κ1) is 12.6. The molecule has 0 heterocycles. The lowest BCUT2D eigenvalue weighted by molar-refractivity contribution is 0.0570. The van der Waals surface area contributed by atoms with Gasteiger partial charge in [0, 0.05) is 0 Å². The normalized spacial score (nSPS) is 31.1. The Morgan fingerprint density at radius 2 is 1.82 bits per heavy atom. The van der Waals surface area contributed by atoms with Gasteiger partial charge in [0.15, 0.2) is 0 Å². The summed E-state index contributed by atoms with van der Waals surface area (Å²) in [6.07, 6.45) is 4.31. The largest absolute Gasteiger partial charge is 0.392 e. The molecule has 1 aliphatic rings. The van der Waals surface area contributed by atoms with Crippen LogP contribution in [0.4, 0.5) is 0 Å². The number of aliphatic hydroxyl groups excluding tert-OH is 1. The van der Waals surface area contributed by atoms with Crippen molar-refractivity contribution in [2.75, 3.05) is 0 Å². The van der Waals surface area contributed by atoms with Crippen LogP contribution in [0.25, 0.3) is 0 Å². The van der Waals surface area contributed by atoms with Gasteiger partial charge in [0.1, 0.15) is 0 Å². The monoisotopic (exact) mass is 232 g/mol. The molecule has 0 radical (unpaired) electrons. The Kier molecular flexibility index (Phi) is 4.22. The molecule has 1 N–H and O–H groups in total.